The monoisotopic (exact) mass is 387 g/mol. The van der Waals surface area contributed by atoms with Crippen LogP contribution in [0.15, 0.2) is 47.0 Å². The van der Waals surface area contributed by atoms with Gasteiger partial charge in [0.15, 0.2) is 11.5 Å². The zero-order valence-electron chi connectivity index (χ0n) is 12.8. The highest BCUT2D eigenvalue weighted by Gasteiger charge is 2.40. The first-order valence-electron chi connectivity index (χ1n) is 8.03. The summed E-state index contributed by atoms with van der Waals surface area (Å²) in [4.78, 5) is 0. The van der Waals surface area contributed by atoms with Gasteiger partial charge in [-0.15, -0.1) is 0 Å². The second kappa shape index (κ2) is 5.24. The third-order valence-corrected chi connectivity index (χ3v) is 5.86. The smallest absolute Gasteiger partial charge is 0.231 e. The number of halogens is 2. The molecule has 3 nitrogen and oxygen atoms in total. The molecule has 0 radical (unpaired) electrons. The SMILES string of the molecule is Fc1cccc2c1N[C@@H](c1cc3c(cc1Br)OCO3)[C@H]1CC=C[C@@H]21. The van der Waals surface area contributed by atoms with Gasteiger partial charge in [-0.25, -0.2) is 4.39 Å². The normalized spacial score (nSPS) is 26.0. The lowest BCUT2D eigenvalue weighted by atomic mass is 9.77. The number of hydrogen-bond acceptors (Lipinski definition) is 3. The average molecular weight is 388 g/mol. The van der Waals surface area contributed by atoms with E-state index in [2.05, 4.69) is 33.4 Å². The van der Waals surface area contributed by atoms with Gasteiger partial charge in [0, 0.05) is 10.4 Å². The van der Waals surface area contributed by atoms with Crippen LogP contribution in [0.4, 0.5) is 10.1 Å². The molecule has 0 aromatic heterocycles. The minimum atomic E-state index is -0.201. The van der Waals surface area contributed by atoms with Crippen molar-refractivity contribution in [2.24, 2.45) is 5.92 Å². The molecular weight excluding hydrogens is 373 g/mol. The Morgan fingerprint density at radius 1 is 1.12 bits per heavy atom. The van der Waals surface area contributed by atoms with Crippen LogP contribution in [0.1, 0.15) is 29.5 Å². The van der Waals surface area contributed by atoms with Crippen molar-refractivity contribution in [3.8, 4) is 11.5 Å². The summed E-state index contributed by atoms with van der Waals surface area (Å²) in [6, 6.07) is 9.27. The van der Waals surface area contributed by atoms with Crippen LogP contribution < -0.4 is 14.8 Å². The van der Waals surface area contributed by atoms with Crippen molar-refractivity contribution < 1.29 is 13.9 Å². The van der Waals surface area contributed by atoms with Crippen LogP contribution in [0.3, 0.4) is 0 Å². The van der Waals surface area contributed by atoms with Crippen LogP contribution >= 0.6 is 15.9 Å². The molecule has 2 aliphatic heterocycles. The molecular formula is C19H15BrFNO2. The molecule has 24 heavy (non-hydrogen) atoms. The number of para-hydroxylation sites is 1. The van der Waals surface area contributed by atoms with Crippen LogP contribution in [-0.4, -0.2) is 6.79 Å². The highest BCUT2D eigenvalue weighted by Crippen LogP contribution is 2.52. The van der Waals surface area contributed by atoms with Crippen LogP contribution in [-0.2, 0) is 0 Å². The highest BCUT2D eigenvalue weighted by molar-refractivity contribution is 9.10. The Hall–Kier alpha value is -2.01. The Bertz CT molecular complexity index is 867. The summed E-state index contributed by atoms with van der Waals surface area (Å²) in [7, 11) is 0. The molecule has 0 spiro atoms. The molecule has 0 bridgehead atoms. The molecule has 5 rings (SSSR count). The first-order chi connectivity index (χ1) is 11.7. The molecule has 0 unspecified atom stereocenters. The molecule has 1 aliphatic carbocycles. The van der Waals surface area contributed by atoms with Crippen molar-refractivity contribution in [3.05, 3.63) is 63.9 Å². The Balaban J connectivity index is 1.64. The van der Waals surface area contributed by atoms with E-state index in [0.29, 0.717) is 11.6 Å². The summed E-state index contributed by atoms with van der Waals surface area (Å²) in [5.74, 6) is 1.88. The van der Waals surface area contributed by atoms with Gasteiger partial charge in [0.25, 0.3) is 0 Å². The van der Waals surface area contributed by atoms with Crippen molar-refractivity contribution in [2.75, 3.05) is 12.1 Å². The number of anilines is 1. The quantitative estimate of drug-likeness (QED) is 0.686. The van der Waals surface area contributed by atoms with Gasteiger partial charge in [-0.3, -0.25) is 0 Å². The standard InChI is InChI=1S/C19H15BrFNO2/c20-14-8-17-16(23-9-24-17)7-13(14)18-11-4-1-3-10(11)12-5-2-6-15(21)19(12)22-18/h1-3,5-8,10-11,18,22H,4,9H2/t10-,11+,18-/m1/s1. The maximum absolute atomic E-state index is 14.4. The average Bonchev–Trinajstić information content (AvgIpc) is 3.22. The van der Waals surface area contributed by atoms with E-state index in [1.807, 2.05) is 18.2 Å². The first-order valence-corrected chi connectivity index (χ1v) is 8.82. The predicted octanol–water partition coefficient (Wildman–Crippen LogP) is 5.14. The molecule has 0 saturated heterocycles. The number of allylic oxidation sites excluding steroid dienone is 2. The maximum Gasteiger partial charge on any atom is 0.231 e. The zero-order valence-corrected chi connectivity index (χ0v) is 14.3. The van der Waals surface area contributed by atoms with Crippen molar-refractivity contribution >= 4 is 21.6 Å². The Labute approximate surface area is 147 Å². The molecule has 2 aromatic rings. The lowest BCUT2D eigenvalue weighted by molar-refractivity contribution is 0.174. The number of benzene rings is 2. The Morgan fingerprint density at radius 3 is 2.83 bits per heavy atom. The van der Waals surface area contributed by atoms with E-state index in [1.54, 1.807) is 6.07 Å². The largest absolute Gasteiger partial charge is 0.454 e. The van der Waals surface area contributed by atoms with Crippen LogP contribution in [0.2, 0.25) is 0 Å². The van der Waals surface area contributed by atoms with Gasteiger partial charge in [-0.2, -0.15) is 0 Å². The van der Waals surface area contributed by atoms with Gasteiger partial charge in [-0.05, 0) is 41.7 Å². The molecule has 2 heterocycles. The van der Waals surface area contributed by atoms with Gasteiger partial charge in [0.05, 0.1) is 11.7 Å². The molecule has 2 aromatic carbocycles. The molecule has 0 amide bonds. The van der Waals surface area contributed by atoms with E-state index in [1.165, 1.54) is 6.07 Å². The molecule has 5 heteroatoms. The summed E-state index contributed by atoms with van der Waals surface area (Å²) >= 11 is 3.65. The topological polar surface area (TPSA) is 30.5 Å². The molecule has 3 atom stereocenters. The van der Waals surface area contributed by atoms with Crippen molar-refractivity contribution in [1.82, 2.24) is 0 Å². The Morgan fingerprint density at radius 2 is 1.96 bits per heavy atom. The van der Waals surface area contributed by atoms with E-state index < -0.39 is 0 Å². The predicted molar refractivity (Wildman–Crippen MR) is 93.0 cm³/mol. The minimum Gasteiger partial charge on any atom is -0.454 e. The van der Waals surface area contributed by atoms with Crippen molar-refractivity contribution in [2.45, 2.75) is 18.4 Å². The molecule has 0 fully saturated rings. The van der Waals surface area contributed by atoms with Gasteiger partial charge in [-0.1, -0.05) is 40.2 Å². The minimum absolute atomic E-state index is 0.0123. The lowest BCUT2D eigenvalue weighted by Gasteiger charge is -2.38. The summed E-state index contributed by atoms with van der Waals surface area (Å²) in [5.41, 5.74) is 2.73. The molecule has 122 valence electrons. The molecule has 3 aliphatic rings. The number of fused-ring (bicyclic) bond motifs is 4. The van der Waals surface area contributed by atoms with E-state index in [4.69, 9.17) is 9.47 Å². The van der Waals surface area contributed by atoms with Crippen molar-refractivity contribution in [1.29, 1.82) is 0 Å². The van der Waals surface area contributed by atoms with E-state index in [-0.39, 0.29) is 24.6 Å². The second-order valence-electron chi connectivity index (χ2n) is 6.41. The third-order valence-electron chi connectivity index (χ3n) is 5.17. The highest BCUT2D eigenvalue weighted by atomic mass is 79.9. The number of nitrogens with one attached hydrogen (secondary N) is 1. The van der Waals surface area contributed by atoms with Crippen molar-refractivity contribution in [3.63, 3.8) is 0 Å². The fourth-order valence-electron chi connectivity index (χ4n) is 4.06. The van der Waals surface area contributed by atoms with Gasteiger partial charge >= 0.3 is 0 Å². The maximum atomic E-state index is 14.4. The van der Waals surface area contributed by atoms with Gasteiger partial charge < -0.3 is 14.8 Å². The lowest BCUT2D eigenvalue weighted by Crippen LogP contribution is -2.30. The second-order valence-corrected chi connectivity index (χ2v) is 7.26. The zero-order chi connectivity index (χ0) is 16.3. The number of hydrogen-bond donors (Lipinski definition) is 1. The first kappa shape index (κ1) is 14.3. The number of rotatable bonds is 1. The summed E-state index contributed by atoms with van der Waals surface area (Å²) in [6.45, 7) is 0.244. The van der Waals surface area contributed by atoms with Crippen LogP contribution in [0.25, 0.3) is 0 Å². The number of ether oxygens (including phenoxy) is 2. The molecule has 1 N–H and O–H groups in total. The Kier molecular flexibility index (Phi) is 3.13. The molecule has 0 saturated carbocycles. The van der Waals surface area contributed by atoms with E-state index >= 15 is 0 Å². The third kappa shape index (κ3) is 2.00. The summed E-state index contributed by atoms with van der Waals surface area (Å²) < 4.78 is 26.3. The fourth-order valence-corrected chi connectivity index (χ4v) is 4.63. The fraction of sp³-hybridized carbons (Fsp3) is 0.263. The van der Waals surface area contributed by atoms with Crippen LogP contribution in [0.5, 0.6) is 11.5 Å². The summed E-state index contributed by atoms with van der Waals surface area (Å²) in [5, 5.41) is 3.44. The van der Waals surface area contributed by atoms with E-state index in [9.17, 15) is 4.39 Å². The summed E-state index contributed by atoms with van der Waals surface area (Å²) in [6.07, 6.45) is 5.38. The van der Waals surface area contributed by atoms with E-state index in [0.717, 1.165) is 33.5 Å². The van der Waals surface area contributed by atoms with Gasteiger partial charge in [0.1, 0.15) is 5.82 Å². The van der Waals surface area contributed by atoms with Gasteiger partial charge in [0.2, 0.25) is 6.79 Å². The van der Waals surface area contributed by atoms with Crippen LogP contribution in [0, 0.1) is 11.7 Å².